The van der Waals surface area contributed by atoms with Crippen LogP contribution in [0.1, 0.15) is 63.0 Å². The second kappa shape index (κ2) is 6.95. The zero-order valence-electron chi connectivity index (χ0n) is 16.3. The van der Waals surface area contributed by atoms with Gasteiger partial charge in [0.2, 0.25) is 0 Å². The molecule has 1 aliphatic heterocycles. The van der Waals surface area contributed by atoms with Gasteiger partial charge < -0.3 is 19.2 Å². The van der Waals surface area contributed by atoms with Gasteiger partial charge in [0.1, 0.15) is 23.0 Å². The standard InChI is InChI=1S/C21H29NO4/c1-13-14(2)25-19-15(13)9-8-10-16(19)18(23)17-11-6-7-12-22(17)20(24)26-21(3,4)5/h8-10,17-18,23H,6-7,11-12H2,1-5H3. The van der Waals surface area contributed by atoms with E-state index in [0.29, 0.717) is 12.1 Å². The summed E-state index contributed by atoms with van der Waals surface area (Å²) in [5.74, 6) is 0.854. The van der Waals surface area contributed by atoms with Crippen molar-refractivity contribution >= 4 is 17.1 Å². The van der Waals surface area contributed by atoms with Gasteiger partial charge in [0.15, 0.2) is 0 Å². The van der Waals surface area contributed by atoms with E-state index < -0.39 is 11.7 Å². The number of likely N-dealkylation sites (tertiary alicyclic amines) is 1. The van der Waals surface area contributed by atoms with E-state index in [1.54, 1.807) is 4.90 Å². The Morgan fingerprint density at radius 3 is 2.73 bits per heavy atom. The summed E-state index contributed by atoms with van der Waals surface area (Å²) in [5.41, 5.74) is 1.98. The van der Waals surface area contributed by atoms with Crippen molar-refractivity contribution in [1.29, 1.82) is 0 Å². The monoisotopic (exact) mass is 359 g/mol. The van der Waals surface area contributed by atoms with Crippen molar-refractivity contribution in [2.45, 2.75) is 71.6 Å². The van der Waals surface area contributed by atoms with Gasteiger partial charge in [0.05, 0.1) is 6.04 Å². The van der Waals surface area contributed by atoms with Crippen LogP contribution in [0.5, 0.6) is 0 Å². The van der Waals surface area contributed by atoms with E-state index in [-0.39, 0.29) is 12.1 Å². The van der Waals surface area contributed by atoms with Crippen LogP contribution in [0.25, 0.3) is 11.0 Å². The van der Waals surface area contributed by atoms with Gasteiger partial charge in [0, 0.05) is 17.5 Å². The molecular formula is C21H29NO4. The van der Waals surface area contributed by atoms with E-state index in [0.717, 1.165) is 41.5 Å². The summed E-state index contributed by atoms with van der Waals surface area (Å²) in [4.78, 5) is 14.3. The van der Waals surface area contributed by atoms with Crippen LogP contribution in [0.3, 0.4) is 0 Å². The molecule has 1 saturated heterocycles. The SMILES string of the molecule is Cc1oc2c(C(O)C3CCCCN3C(=O)OC(C)(C)C)cccc2c1C. The van der Waals surface area contributed by atoms with Crippen molar-refractivity contribution in [3.05, 3.63) is 35.1 Å². The maximum Gasteiger partial charge on any atom is 0.410 e. The van der Waals surface area contributed by atoms with Gasteiger partial charge >= 0.3 is 6.09 Å². The van der Waals surface area contributed by atoms with Crippen molar-refractivity contribution in [3.63, 3.8) is 0 Å². The van der Waals surface area contributed by atoms with E-state index in [4.69, 9.17) is 9.15 Å². The predicted octanol–water partition coefficient (Wildman–Crippen LogP) is 4.87. The second-order valence-electron chi connectivity index (χ2n) is 8.19. The van der Waals surface area contributed by atoms with E-state index >= 15 is 0 Å². The molecule has 26 heavy (non-hydrogen) atoms. The molecule has 142 valence electrons. The van der Waals surface area contributed by atoms with Crippen molar-refractivity contribution in [2.24, 2.45) is 0 Å². The Hall–Kier alpha value is -2.01. The second-order valence-corrected chi connectivity index (χ2v) is 8.19. The van der Waals surface area contributed by atoms with Gasteiger partial charge in [0.25, 0.3) is 0 Å². The Bertz CT molecular complexity index is 802. The summed E-state index contributed by atoms with van der Waals surface area (Å²) < 4.78 is 11.5. The van der Waals surface area contributed by atoms with Gasteiger partial charge in [-0.2, -0.15) is 0 Å². The third-order valence-corrected chi connectivity index (χ3v) is 5.09. The maximum absolute atomic E-state index is 12.7. The molecule has 1 fully saturated rings. The highest BCUT2D eigenvalue weighted by atomic mass is 16.6. The van der Waals surface area contributed by atoms with Crippen LogP contribution in [0, 0.1) is 13.8 Å². The van der Waals surface area contributed by atoms with Gasteiger partial charge in [-0.1, -0.05) is 18.2 Å². The van der Waals surface area contributed by atoms with Gasteiger partial charge in [-0.05, 0) is 59.4 Å². The van der Waals surface area contributed by atoms with Crippen LogP contribution in [0.15, 0.2) is 22.6 Å². The average Bonchev–Trinajstić information content (AvgIpc) is 2.87. The number of hydrogen-bond donors (Lipinski definition) is 1. The number of nitrogens with zero attached hydrogens (tertiary/aromatic N) is 1. The molecule has 0 spiro atoms. The number of aliphatic hydroxyl groups excluding tert-OH is 1. The average molecular weight is 359 g/mol. The Labute approximate surface area is 154 Å². The fourth-order valence-corrected chi connectivity index (χ4v) is 3.66. The van der Waals surface area contributed by atoms with Crippen LogP contribution in [0.4, 0.5) is 4.79 Å². The molecule has 0 radical (unpaired) electrons. The first kappa shape index (κ1) is 18.8. The van der Waals surface area contributed by atoms with Crippen molar-refractivity contribution < 1.29 is 19.1 Å². The zero-order chi connectivity index (χ0) is 19.1. The molecule has 0 saturated carbocycles. The fraction of sp³-hybridized carbons (Fsp3) is 0.571. The Balaban J connectivity index is 1.93. The van der Waals surface area contributed by atoms with E-state index in [2.05, 4.69) is 0 Å². The zero-order valence-corrected chi connectivity index (χ0v) is 16.3. The van der Waals surface area contributed by atoms with E-state index in [1.807, 2.05) is 52.8 Å². The Morgan fingerprint density at radius 1 is 1.31 bits per heavy atom. The minimum Gasteiger partial charge on any atom is -0.461 e. The summed E-state index contributed by atoms with van der Waals surface area (Å²) in [6, 6.07) is 5.51. The molecular weight excluding hydrogens is 330 g/mol. The number of ether oxygens (including phenoxy) is 1. The lowest BCUT2D eigenvalue weighted by Crippen LogP contribution is -2.48. The third kappa shape index (κ3) is 3.58. The first-order chi connectivity index (χ1) is 12.2. The quantitative estimate of drug-likeness (QED) is 0.831. The Morgan fingerprint density at radius 2 is 2.04 bits per heavy atom. The molecule has 5 heteroatoms. The van der Waals surface area contributed by atoms with Gasteiger partial charge in [-0.3, -0.25) is 0 Å². The summed E-state index contributed by atoms with van der Waals surface area (Å²) in [6.45, 7) is 10.1. The molecule has 2 unspecified atom stereocenters. The number of carbonyl (C=O) groups is 1. The number of furan rings is 1. The van der Waals surface area contributed by atoms with Crippen molar-refractivity contribution in [2.75, 3.05) is 6.54 Å². The Kier molecular flexibility index (Phi) is 5.02. The van der Waals surface area contributed by atoms with Crippen LogP contribution in [0.2, 0.25) is 0 Å². The molecule has 0 aliphatic carbocycles. The van der Waals surface area contributed by atoms with Crippen LogP contribution >= 0.6 is 0 Å². The number of fused-ring (bicyclic) bond motifs is 1. The first-order valence-electron chi connectivity index (χ1n) is 9.35. The van der Waals surface area contributed by atoms with Crippen LogP contribution < -0.4 is 0 Å². The minimum absolute atomic E-state index is 0.310. The predicted molar refractivity (Wildman–Crippen MR) is 101 cm³/mol. The molecule has 2 aromatic rings. The van der Waals surface area contributed by atoms with Crippen LogP contribution in [-0.4, -0.2) is 34.3 Å². The lowest BCUT2D eigenvalue weighted by molar-refractivity contribution is -0.0168. The highest BCUT2D eigenvalue weighted by Crippen LogP contribution is 2.36. The largest absolute Gasteiger partial charge is 0.461 e. The molecule has 3 rings (SSSR count). The van der Waals surface area contributed by atoms with Gasteiger partial charge in [-0.25, -0.2) is 4.79 Å². The van der Waals surface area contributed by atoms with Gasteiger partial charge in [-0.15, -0.1) is 0 Å². The number of aryl methyl sites for hydroxylation is 2. The molecule has 2 atom stereocenters. The third-order valence-electron chi connectivity index (χ3n) is 5.09. The minimum atomic E-state index is -0.809. The topological polar surface area (TPSA) is 62.9 Å². The molecule has 1 aromatic heterocycles. The van der Waals surface area contributed by atoms with E-state index in [9.17, 15) is 9.90 Å². The summed E-state index contributed by atoms with van der Waals surface area (Å²) in [6.07, 6.45) is 1.48. The molecule has 1 amide bonds. The fourth-order valence-electron chi connectivity index (χ4n) is 3.66. The molecule has 0 bridgehead atoms. The normalized spacial score (nSPS) is 19.6. The highest BCUT2D eigenvalue weighted by Gasteiger charge is 2.36. The molecule has 2 heterocycles. The van der Waals surface area contributed by atoms with Crippen molar-refractivity contribution in [1.82, 2.24) is 4.90 Å². The van der Waals surface area contributed by atoms with Crippen molar-refractivity contribution in [3.8, 4) is 0 Å². The molecule has 5 nitrogen and oxygen atoms in total. The number of piperidine rings is 1. The number of amides is 1. The number of hydrogen-bond acceptors (Lipinski definition) is 4. The number of carbonyl (C=O) groups excluding carboxylic acids is 1. The number of benzene rings is 1. The lowest BCUT2D eigenvalue weighted by atomic mass is 9.92. The number of para-hydroxylation sites is 1. The maximum atomic E-state index is 12.7. The van der Waals surface area contributed by atoms with E-state index in [1.165, 1.54) is 0 Å². The smallest absolute Gasteiger partial charge is 0.410 e. The molecule has 1 N–H and O–H groups in total. The number of rotatable bonds is 2. The summed E-state index contributed by atoms with van der Waals surface area (Å²) >= 11 is 0. The lowest BCUT2D eigenvalue weighted by Gasteiger charge is -2.39. The highest BCUT2D eigenvalue weighted by molar-refractivity contribution is 5.85. The molecule has 1 aliphatic rings. The first-order valence-corrected chi connectivity index (χ1v) is 9.35. The molecule has 1 aromatic carbocycles. The van der Waals surface area contributed by atoms with Crippen LogP contribution in [-0.2, 0) is 4.74 Å². The summed E-state index contributed by atoms with van der Waals surface area (Å²) in [7, 11) is 0. The number of aliphatic hydroxyl groups is 1. The summed E-state index contributed by atoms with van der Waals surface area (Å²) in [5, 5.41) is 12.2.